The lowest BCUT2D eigenvalue weighted by atomic mass is 10.0. The Morgan fingerprint density at radius 3 is 1.42 bits per heavy atom. The molecule has 0 aromatic heterocycles. The maximum absolute atomic E-state index is 13.0. The van der Waals surface area contributed by atoms with Crippen molar-refractivity contribution in [2.45, 2.75) is 168 Å². The summed E-state index contributed by atoms with van der Waals surface area (Å²) in [5.74, 6) is -1.48. The molecule has 0 saturated carbocycles. The fraction of sp³-hybridized carbons (Fsp3) is 0.897. The van der Waals surface area contributed by atoms with Gasteiger partial charge in [-0.25, -0.2) is 9.59 Å². The molecule has 2 unspecified atom stereocenters. The van der Waals surface area contributed by atoms with Gasteiger partial charge in [0.2, 0.25) is 5.91 Å². The molecule has 0 aliphatic heterocycles. The van der Waals surface area contributed by atoms with Crippen LogP contribution >= 0.6 is 0 Å². The van der Waals surface area contributed by atoms with Crippen molar-refractivity contribution >= 4 is 18.0 Å². The SMILES string of the molecule is CCCCCCCCCCCCC(NC(=O)C(CCCCCCCC)NC(=O)OC(C)(C)C)C(=O)O. The first-order valence-electron chi connectivity index (χ1n) is 14.6. The second kappa shape index (κ2) is 21.3. The van der Waals surface area contributed by atoms with Gasteiger partial charge in [-0.2, -0.15) is 0 Å². The molecule has 2 amide bonds. The third-order valence-corrected chi connectivity index (χ3v) is 6.31. The van der Waals surface area contributed by atoms with Crippen LogP contribution in [0, 0.1) is 0 Å². The Balaban J connectivity index is 4.61. The van der Waals surface area contributed by atoms with Crippen molar-refractivity contribution in [1.29, 1.82) is 0 Å². The second-order valence-electron chi connectivity index (χ2n) is 11.1. The number of alkyl carbamates (subject to hydrolysis) is 1. The average molecular weight is 513 g/mol. The molecule has 0 spiro atoms. The quantitative estimate of drug-likeness (QED) is 0.130. The number of hydrogen-bond acceptors (Lipinski definition) is 4. The van der Waals surface area contributed by atoms with Gasteiger partial charge in [-0.3, -0.25) is 4.79 Å². The van der Waals surface area contributed by atoms with E-state index in [0.717, 1.165) is 44.9 Å². The Hall–Kier alpha value is -1.79. The van der Waals surface area contributed by atoms with Gasteiger partial charge in [0, 0.05) is 0 Å². The summed E-state index contributed by atoms with van der Waals surface area (Å²) in [5.41, 5.74) is -0.676. The highest BCUT2D eigenvalue weighted by Crippen LogP contribution is 2.14. The molecule has 0 bridgehead atoms. The summed E-state index contributed by atoms with van der Waals surface area (Å²) in [6.45, 7) is 9.69. The van der Waals surface area contributed by atoms with E-state index in [1.165, 1.54) is 57.8 Å². The molecule has 0 aliphatic carbocycles. The van der Waals surface area contributed by atoms with E-state index in [2.05, 4.69) is 24.5 Å². The van der Waals surface area contributed by atoms with Crippen LogP contribution in [-0.2, 0) is 14.3 Å². The Bertz CT molecular complexity index is 589. The lowest BCUT2D eigenvalue weighted by molar-refractivity contribution is -0.142. The normalized spacial score (nSPS) is 13.1. The summed E-state index contributed by atoms with van der Waals surface area (Å²) in [4.78, 5) is 37.1. The van der Waals surface area contributed by atoms with Crippen molar-refractivity contribution in [2.24, 2.45) is 0 Å². The summed E-state index contributed by atoms with van der Waals surface area (Å²) in [6, 6.07) is -1.75. The van der Waals surface area contributed by atoms with Gasteiger partial charge in [0.15, 0.2) is 0 Å². The van der Waals surface area contributed by atoms with E-state index in [1.807, 2.05) is 0 Å². The smallest absolute Gasteiger partial charge is 0.408 e. The van der Waals surface area contributed by atoms with Crippen molar-refractivity contribution in [3.05, 3.63) is 0 Å². The van der Waals surface area contributed by atoms with Gasteiger partial charge in [-0.15, -0.1) is 0 Å². The molecule has 0 aromatic rings. The molecular formula is C29H56N2O5. The molecule has 0 aliphatic rings. The van der Waals surface area contributed by atoms with Gasteiger partial charge in [-0.1, -0.05) is 117 Å². The standard InChI is InChI=1S/C29H56N2O5/c1-6-8-10-12-14-15-16-17-19-21-23-25(27(33)34)30-26(32)24(22-20-18-13-11-9-7-2)31-28(35)36-29(3,4)5/h24-25H,6-23H2,1-5H3,(H,30,32)(H,31,35)(H,33,34). The first kappa shape index (κ1) is 34.2. The zero-order chi connectivity index (χ0) is 27.2. The lowest BCUT2D eigenvalue weighted by Crippen LogP contribution is -2.52. The van der Waals surface area contributed by atoms with E-state index in [9.17, 15) is 19.5 Å². The molecule has 0 radical (unpaired) electrons. The summed E-state index contributed by atoms with van der Waals surface area (Å²) >= 11 is 0. The van der Waals surface area contributed by atoms with E-state index in [1.54, 1.807) is 20.8 Å². The van der Waals surface area contributed by atoms with E-state index in [4.69, 9.17) is 4.74 Å². The lowest BCUT2D eigenvalue weighted by Gasteiger charge is -2.24. The molecule has 212 valence electrons. The minimum Gasteiger partial charge on any atom is -0.480 e. The zero-order valence-corrected chi connectivity index (χ0v) is 24.0. The van der Waals surface area contributed by atoms with E-state index in [0.29, 0.717) is 12.8 Å². The molecular weight excluding hydrogens is 456 g/mol. The first-order chi connectivity index (χ1) is 17.1. The highest BCUT2D eigenvalue weighted by molar-refractivity contribution is 5.89. The highest BCUT2D eigenvalue weighted by Gasteiger charge is 2.27. The fourth-order valence-electron chi connectivity index (χ4n) is 4.21. The van der Waals surface area contributed by atoms with E-state index in [-0.39, 0.29) is 0 Å². The third kappa shape index (κ3) is 20.4. The minimum absolute atomic E-state index is 0.397. The molecule has 36 heavy (non-hydrogen) atoms. The van der Waals surface area contributed by atoms with Crippen LogP contribution in [0.3, 0.4) is 0 Å². The van der Waals surface area contributed by atoms with Gasteiger partial charge < -0.3 is 20.5 Å². The maximum atomic E-state index is 13.0. The van der Waals surface area contributed by atoms with Crippen LogP contribution in [0.2, 0.25) is 0 Å². The number of carbonyl (C=O) groups is 3. The molecule has 3 N–H and O–H groups in total. The maximum Gasteiger partial charge on any atom is 0.408 e. The molecule has 0 saturated heterocycles. The van der Waals surface area contributed by atoms with Gasteiger partial charge >= 0.3 is 12.1 Å². The second-order valence-corrected chi connectivity index (χ2v) is 11.1. The molecule has 7 nitrogen and oxygen atoms in total. The average Bonchev–Trinajstić information content (AvgIpc) is 2.79. The Morgan fingerprint density at radius 2 is 1.03 bits per heavy atom. The number of unbranched alkanes of at least 4 members (excludes halogenated alkanes) is 14. The van der Waals surface area contributed by atoms with Crippen LogP contribution in [0.4, 0.5) is 4.79 Å². The molecule has 0 aromatic carbocycles. The van der Waals surface area contributed by atoms with Gasteiger partial charge in [0.1, 0.15) is 17.7 Å². The van der Waals surface area contributed by atoms with Crippen molar-refractivity contribution in [3.63, 3.8) is 0 Å². The molecule has 0 fully saturated rings. The number of aliphatic carboxylic acids is 1. The van der Waals surface area contributed by atoms with Gasteiger partial charge in [0.05, 0.1) is 0 Å². The number of rotatable bonds is 22. The van der Waals surface area contributed by atoms with Crippen molar-refractivity contribution in [2.75, 3.05) is 0 Å². The number of nitrogens with one attached hydrogen (secondary N) is 2. The van der Waals surface area contributed by atoms with Crippen LogP contribution in [0.25, 0.3) is 0 Å². The summed E-state index contributed by atoms with van der Waals surface area (Å²) in [5, 5.41) is 15.0. The summed E-state index contributed by atoms with van der Waals surface area (Å²) in [6.07, 6.45) is 18.3. The largest absolute Gasteiger partial charge is 0.480 e. The number of carbonyl (C=O) groups excluding carboxylic acids is 2. The van der Waals surface area contributed by atoms with Crippen LogP contribution in [0.5, 0.6) is 0 Å². The third-order valence-electron chi connectivity index (χ3n) is 6.31. The molecule has 7 heteroatoms. The zero-order valence-electron chi connectivity index (χ0n) is 24.0. The van der Waals surface area contributed by atoms with Crippen LogP contribution in [-0.4, -0.2) is 40.8 Å². The van der Waals surface area contributed by atoms with Crippen LogP contribution in [0.1, 0.15) is 150 Å². The van der Waals surface area contributed by atoms with Gasteiger partial charge in [-0.05, 0) is 33.6 Å². The number of hydrogen-bond donors (Lipinski definition) is 3. The Labute approximate surface area is 220 Å². The summed E-state index contributed by atoms with van der Waals surface area (Å²) < 4.78 is 5.32. The van der Waals surface area contributed by atoms with E-state index >= 15 is 0 Å². The number of carboxylic acid groups (broad SMARTS) is 1. The highest BCUT2D eigenvalue weighted by atomic mass is 16.6. The molecule has 0 rings (SSSR count). The topological polar surface area (TPSA) is 105 Å². The minimum atomic E-state index is -1.03. The number of carboxylic acids is 1. The van der Waals surface area contributed by atoms with Crippen molar-refractivity contribution in [3.8, 4) is 0 Å². The number of ether oxygens (including phenoxy) is 1. The fourth-order valence-corrected chi connectivity index (χ4v) is 4.21. The van der Waals surface area contributed by atoms with Crippen molar-refractivity contribution in [1.82, 2.24) is 10.6 Å². The Morgan fingerprint density at radius 1 is 0.639 bits per heavy atom. The monoisotopic (exact) mass is 512 g/mol. The predicted molar refractivity (Wildman–Crippen MR) is 147 cm³/mol. The number of amides is 2. The van der Waals surface area contributed by atoms with Crippen LogP contribution in [0.15, 0.2) is 0 Å². The molecule has 0 heterocycles. The van der Waals surface area contributed by atoms with Crippen molar-refractivity contribution < 1.29 is 24.2 Å². The van der Waals surface area contributed by atoms with Crippen LogP contribution < -0.4 is 10.6 Å². The molecule has 2 atom stereocenters. The first-order valence-corrected chi connectivity index (χ1v) is 14.6. The summed E-state index contributed by atoms with van der Waals surface area (Å²) in [7, 11) is 0. The Kier molecular flexibility index (Phi) is 20.3. The van der Waals surface area contributed by atoms with Gasteiger partial charge in [0.25, 0.3) is 0 Å². The van der Waals surface area contributed by atoms with E-state index < -0.39 is 35.7 Å². The predicted octanol–water partition coefficient (Wildman–Crippen LogP) is 7.51.